The normalized spacial score (nSPS) is 15.9. The minimum absolute atomic E-state index is 0.601. The molecule has 4 heteroatoms. The Bertz CT molecular complexity index is 599. The van der Waals surface area contributed by atoms with Crippen LogP contribution in [0, 0.1) is 5.92 Å². The average Bonchev–Trinajstić information content (AvgIpc) is 3.09. The number of ether oxygens (including phenoxy) is 1. The third-order valence-electron chi connectivity index (χ3n) is 4.54. The second-order valence-electron chi connectivity index (χ2n) is 5.97. The summed E-state index contributed by atoms with van der Waals surface area (Å²) in [6, 6.07) is 6.06. The number of fused-ring (bicyclic) bond motifs is 1. The molecule has 1 saturated carbocycles. The summed E-state index contributed by atoms with van der Waals surface area (Å²) < 4.78 is 7.77. The van der Waals surface area contributed by atoms with E-state index in [0.717, 1.165) is 29.2 Å². The molecule has 0 amide bonds. The van der Waals surface area contributed by atoms with Crippen molar-refractivity contribution < 1.29 is 4.74 Å². The van der Waals surface area contributed by atoms with E-state index in [1.165, 1.54) is 38.5 Å². The Hall–Kier alpha value is -1.71. The van der Waals surface area contributed by atoms with Crippen LogP contribution in [-0.4, -0.2) is 16.2 Å². The van der Waals surface area contributed by atoms with Crippen LogP contribution in [0.3, 0.4) is 0 Å². The maximum absolute atomic E-state index is 6.11. The highest BCUT2D eigenvalue weighted by atomic mass is 16.5. The maximum atomic E-state index is 6.11. The lowest BCUT2D eigenvalue weighted by atomic mass is 10.0. The summed E-state index contributed by atoms with van der Waals surface area (Å²) in [6.07, 6.45) is 8.14. The summed E-state index contributed by atoms with van der Waals surface area (Å²) >= 11 is 0. The fourth-order valence-electron chi connectivity index (χ4n) is 3.48. The van der Waals surface area contributed by atoms with E-state index < -0.39 is 0 Å². The fraction of sp³-hybridized carbons (Fsp3) is 0.588. The van der Waals surface area contributed by atoms with Crippen LogP contribution < -0.4 is 10.5 Å². The number of aryl methyl sites for hydroxylation is 1. The quantitative estimate of drug-likeness (QED) is 0.874. The molecule has 4 nitrogen and oxygen atoms in total. The molecule has 0 radical (unpaired) electrons. The zero-order valence-corrected chi connectivity index (χ0v) is 12.8. The standard InChI is InChI=1S/C17H25N3O/c1-2-21-15-11-5-10-14-16(15)19-17(18)20(14)12-6-9-13-7-3-4-8-13/h5,10-11,13H,2-4,6-9,12H2,1H3,(H2,18,19). The number of nitrogens with zero attached hydrogens (tertiary/aromatic N) is 2. The second kappa shape index (κ2) is 6.37. The van der Waals surface area contributed by atoms with E-state index >= 15 is 0 Å². The number of hydrogen-bond donors (Lipinski definition) is 1. The average molecular weight is 287 g/mol. The summed E-state index contributed by atoms with van der Waals surface area (Å²) in [7, 11) is 0. The number of nitrogens with two attached hydrogens (primary N) is 1. The van der Waals surface area contributed by atoms with Gasteiger partial charge in [0.25, 0.3) is 0 Å². The summed E-state index contributed by atoms with van der Waals surface area (Å²) in [4.78, 5) is 4.50. The van der Waals surface area contributed by atoms with Gasteiger partial charge in [-0.15, -0.1) is 0 Å². The first kappa shape index (κ1) is 14.2. The molecule has 0 atom stereocenters. The van der Waals surface area contributed by atoms with Gasteiger partial charge in [-0.1, -0.05) is 31.7 Å². The van der Waals surface area contributed by atoms with Crippen molar-refractivity contribution in [3.63, 3.8) is 0 Å². The van der Waals surface area contributed by atoms with E-state index in [1.54, 1.807) is 0 Å². The molecule has 0 unspecified atom stereocenters. The van der Waals surface area contributed by atoms with Gasteiger partial charge < -0.3 is 15.0 Å². The van der Waals surface area contributed by atoms with Crippen molar-refractivity contribution in [2.24, 2.45) is 5.92 Å². The molecule has 2 N–H and O–H groups in total. The summed E-state index contributed by atoms with van der Waals surface area (Å²) in [5.74, 6) is 2.36. The molecule has 1 aromatic heterocycles. The van der Waals surface area contributed by atoms with Crippen LogP contribution in [0.4, 0.5) is 5.95 Å². The van der Waals surface area contributed by atoms with Crippen molar-refractivity contribution in [1.29, 1.82) is 0 Å². The Morgan fingerprint density at radius 2 is 2.14 bits per heavy atom. The van der Waals surface area contributed by atoms with Crippen LogP contribution in [0.2, 0.25) is 0 Å². The highest BCUT2D eigenvalue weighted by Gasteiger charge is 2.16. The summed E-state index contributed by atoms with van der Waals surface area (Å²) in [6.45, 7) is 3.59. The van der Waals surface area contributed by atoms with Gasteiger partial charge in [0.15, 0.2) is 0 Å². The third kappa shape index (κ3) is 2.99. The van der Waals surface area contributed by atoms with Crippen LogP contribution >= 0.6 is 0 Å². The van der Waals surface area contributed by atoms with Crippen molar-refractivity contribution in [2.45, 2.75) is 52.0 Å². The minimum atomic E-state index is 0.601. The number of aromatic nitrogens is 2. The maximum Gasteiger partial charge on any atom is 0.201 e. The van der Waals surface area contributed by atoms with E-state index in [4.69, 9.17) is 10.5 Å². The second-order valence-corrected chi connectivity index (χ2v) is 5.97. The Balaban J connectivity index is 1.74. The largest absolute Gasteiger partial charge is 0.492 e. The van der Waals surface area contributed by atoms with Gasteiger partial charge in [-0.05, 0) is 37.8 Å². The van der Waals surface area contributed by atoms with Gasteiger partial charge in [-0.25, -0.2) is 4.98 Å². The van der Waals surface area contributed by atoms with Crippen molar-refractivity contribution in [2.75, 3.05) is 12.3 Å². The number of rotatable bonds is 6. The molecule has 114 valence electrons. The Morgan fingerprint density at radius 3 is 2.90 bits per heavy atom. The van der Waals surface area contributed by atoms with E-state index in [2.05, 4.69) is 15.6 Å². The molecule has 1 fully saturated rings. The first-order chi connectivity index (χ1) is 10.3. The van der Waals surface area contributed by atoms with Crippen LogP contribution in [0.5, 0.6) is 5.75 Å². The summed E-state index contributed by atoms with van der Waals surface area (Å²) in [5, 5.41) is 0. The molecule has 21 heavy (non-hydrogen) atoms. The number of nitrogen functional groups attached to an aromatic ring is 1. The van der Waals surface area contributed by atoms with Crippen LogP contribution in [0.1, 0.15) is 45.4 Å². The van der Waals surface area contributed by atoms with Gasteiger partial charge in [0.05, 0.1) is 12.1 Å². The minimum Gasteiger partial charge on any atom is -0.492 e. The van der Waals surface area contributed by atoms with Crippen LogP contribution in [0.25, 0.3) is 11.0 Å². The molecule has 1 aliphatic rings. The van der Waals surface area contributed by atoms with E-state index in [-0.39, 0.29) is 0 Å². The molecule has 1 aliphatic carbocycles. The van der Waals surface area contributed by atoms with Crippen molar-refractivity contribution in [1.82, 2.24) is 9.55 Å². The predicted molar refractivity (Wildman–Crippen MR) is 86.5 cm³/mol. The summed E-state index contributed by atoms with van der Waals surface area (Å²) in [5.41, 5.74) is 8.08. The molecule has 3 rings (SSSR count). The van der Waals surface area contributed by atoms with Gasteiger partial charge in [0.1, 0.15) is 11.3 Å². The first-order valence-corrected chi connectivity index (χ1v) is 8.17. The van der Waals surface area contributed by atoms with Crippen LogP contribution in [0.15, 0.2) is 18.2 Å². The van der Waals surface area contributed by atoms with Gasteiger partial charge in [-0.2, -0.15) is 0 Å². The highest BCUT2D eigenvalue weighted by molar-refractivity contribution is 5.84. The van der Waals surface area contributed by atoms with Crippen molar-refractivity contribution in [3.05, 3.63) is 18.2 Å². The van der Waals surface area contributed by atoms with Crippen molar-refractivity contribution >= 4 is 17.0 Å². The topological polar surface area (TPSA) is 53.1 Å². The number of benzene rings is 1. The predicted octanol–water partition coefficient (Wildman–Crippen LogP) is 3.99. The number of imidazole rings is 1. The SMILES string of the molecule is CCOc1cccc2c1nc(N)n2CCCC1CCCC1. The molecule has 0 spiro atoms. The fourth-order valence-corrected chi connectivity index (χ4v) is 3.48. The number of anilines is 1. The van der Waals surface area contributed by atoms with E-state index in [0.29, 0.717) is 12.6 Å². The Morgan fingerprint density at radius 1 is 1.33 bits per heavy atom. The van der Waals surface area contributed by atoms with E-state index in [1.807, 2.05) is 19.1 Å². The third-order valence-corrected chi connectivity index (χ3v) is 4.54. The lowest BCUT2D eigenvalue weighted by molar-refractivity contribution is 0.343. The number of hydrogen-bond acceptors (Lipinski definition) is 3. The van der Waals surface area contributed by atoms with Gasteiger partial charge in [0.2, 0.25) is 5.95 Å². The van der Waals surface area contributed by atoms with Crippen LogP contribution in [-0.2, 0) is 6.54 Å². The van der Waals surface area contributed by atoms with Gasteiger partial charge >= 0.3 is 0 Å². The lowest BCUT2D eigenvalue weighted by Gasteiger charge is -2.10. The zero-order chi connectivity index (χ0) is 14.7. The number of para-hydroxylation sites is 1. The first-order valence-electron chi connectivity index (χ1n) is 8.17. The molecule has 1 heterocycles. The van der Waals surface area contributed by atoms with Crippen molar-refractivity contribution in [3.8, 4) is 5.75 Å². The molecular weight excluding hydrogens is 262 g/mol. The lowest BCUT2D eigenvalue weighted by Crippen LogP contribution is -2.05. The molecule has 0 saturated heterocycles. The molecule has 0 aliphatic heterocycles. The Labute approximate surface area is 126 Å². The molecular formula is C17H25N3O. The highest BCUT2D eigenvalue weighted by Crippen LogP contribution is 2.30. The molecule has 0 bridgehead atoms. The van der Waals surface area contributed by atoms with Gasteiger partial charge in [-0.3, -0.25) is 0 Å². The zero-order valence-electron chi connectivity index (χ0n) is 12.8. The molecule has 1 aromatic carbocycles. The van der Waals surface area contributed by atoms with Gasteiger partial charge in [0, 0.05) is 6.54 Å². The smallest absolute Gasteiger partial charge is 0.201 e. The van der Waals surface area contributed by atoms with E-state index in [9.17, 15) is 0 Å². The molecule has 2 aromatic rings. The monoisotopic (exact) mass is 287 g/mol. The Kier molecular flexibility index (Phi) is 4.32.